The summed E-state index contributed by atoms with van der Waals surface area (Å²) in [6.45, 7) is 2.10. The Balaban J connectivity index is 2.16. The molecular weight excluding hydrogens is 268 g/mol. The molecule has 0 spiro atoms. The van der Waals surface area contributed by atoms with E-state index in [1.807, 2.05) is 48.5 Å². The molecule has 3 rings (SSSR count). The summed E-state index contributed by atoms with van der Waals surface area (Å²) >= 11 is 1.73. The van der Waals surface area contributed by atoms with Crippen molar-refractivity contribution in [1.82, 2.24) is 0 Å². The average Bonchev–Trinajstić information content (AvgIpc) is 2.48. The Hall–Kier alpha value is -2.00. The van der Waals surface area contributed by atoms with Crippen molar-refractivity contribution in [2.24, 2.45) is 0 Å². The number of hydrogen-bond donors (Lipinski definition) is 0. The molecule has 20 heavy (non-hydrogen) atoms. The number of rotatable bonds is 3. The largest absolute Gasteiger partial charge is 0.422 e. The smallest absolute Gasteiger partial charge is 0.344 e. The van der Waals surface area contributed by atoms with Gasteiger partial charge in [0.1, 0.15) is 5.58 Å². The van der Waals surface area contributed by atoms with E-state index in [4.69, 9.17) is 4.42 Å². The van der Waals surface area contributed by atoms with Crippen molar-refractivity contribution in [2.75, 3.05) is 5.75 Å². The molecular formula is C17H14O2S. The van der Waals surface area contributed by atoms with E-state index >= 15 is 0 Å². The highest BCUT2D eigenvalue weighted by molar-refractivity contribution is 7.99. The first kappa shape index (κ1) is 13.0. The highest BCUT2D eigenvalue weighted by Crippen LogP contribution is 2.25. The van der Waals surface area contributed by atoms with Gasteiger partial charge >= 0.3 is 5.63 Å². The fraction of sp³-hybridized carbons (Fsp3) is 0.118. The molecule has 0 fully saturated rings. The van der Waals surface area contributed by atoms with Crippen LogP contribution in [0, 0.1) is 0 Å². The summed E-state index contributed by atoms with van der Waals surface area (Å²) in [5, 5.41) is 0.948. The average molecular weight is 282 g/mol. The molecule has 2 aromatic carbocycles. The van der Waals surface area contributed by atoms with Gasteiger partial charge in [0.15, 0.2) is 0 Å². The molecule has 0 unspecified atom stereocenters. The molecule has 0 bridgehead atoms. The summed E-state index contributed by atoms with van der Waals surface area (Å²) in [5.41, 5.74) is 1.85. The van der Waals surface area contributed by atoms with Crippen LogP contribution in [-0.2, 0) is 0 Å². The number of thioether (sulfide) groups is 1. The van der Waals surface area contributed by atoms with Gasteiger partial charge in [-0.05, 0) is 29.5 Å². The number of fused-ring (bicyclic) bond motifs is 1. The van der Waals surface area contributed by atoms with Gasteiger partial charge in [0.2, 0.25) is 0 Å². The molecule has 0 aliphatic heterocycles. The van der Waals surface area contributed by atoms with Crippen LogP contribution in [0.2, 0.25) is 0 Å². The van der Waals surface area contributed by atoms with Gasteiger partial charge in [-0.25, -0.2) is 4.79 Å². The molecule has 0 saturated carbocycles. The molecule has 2 nitrogen and oxygen atoms in total. The lowest BCUT2D eigenvalue weighted by Gasteiger charge is -2.04. The van der Waals surface area contributed by atoms with E-state index in [-0.39, 0.29) is 5.63 Å². The van der Waals surface area contributed by atoms with Crippen molar-refractivity contribution < 1.29 is 4.42 Å². The van der Waals surface area contributed by atoms with E-state index in [0.717, 1.165) is 21.6 Å². The SMILES string of the molecule is CCSc1ccc2cc(-c3ccccc3)c(=O)oc2c1. The van der Waals surface area contributed by atoms with Crippen LogP contribution in [0.5, 0.6) is 0 Å². The first-order valence-electron chi connectivity index (χ1n) is 6.54. The molecule has 100 valence electrons. The van der Waals surface area contributed by atoms with Crippen LogP contribution in [0.3, 0.4) is 0 Å². The van der Waals surface area contributed by atoms with Crippen LogP contribution in [-0.4, -0.2) is 5.75 Å². The molecule has 0 saturated heterocycles. The molecule has 1 aromatic heterocycles. The molecule has 0 aliphatic rings. The van der Waals surface area contributed by atoms with Crippen LogP contribution in [0.4, 0.5) is 0 Å². The lowest BCUT2D eigenvalue weighted by molar-refractivity contribution is 0.562. The second-order valence-corrected chi connectivity index (χ2v) is 5.78. The van der Waals surface area contributed by atoms with Crippen molar-refractivity contribution in [3.63, 3.8) is 0 Å². The predicted molar refractivity (Wildman–Crippen MR) is 84.3 cm³/mol. The van der Waals surface area contributed by atoms with Crippen molar-refractivity contribution in [1.29, 1.82) is 0 Å². The van der Waals surface area contributed by atoms with Gasteiger partial charge in [0.05, 0.1) is 5.56 Å². The Morgan fingerprint density at radius 2 is 1.85 bits per heavy atom. The van der Waals surface area contributed by atoms with Gasteiger partial charge in [-0.3, -0.25) is 0 Å². The van der Waals surface area contributed by atoms with Crippen molar-refractivity contribution in [3.8, 4) is 11.1 Å². The quantitative estimate of drug-likeness (QED) is 0.520. The predicted octanol–water partition coefficient (Wildman–Crippen LogP) is 4.57. The summed E-state index contributed by atoms with van der Waals surface area (Å²) in [7, 11) is 0. The normalized spacial score (nSPS) is 10.8. The summed E-state index contributed by atoms with van der Waals surface area (Å²) in [4.78, 5) is 13.3. The van der Waals surface area contributed by atoms with E-state index in [1.54, 1.807) is 11.8 Å². The molecule has 1 heterocycles. The van der Waals surface area contributed by atoms with Gasteiger partial charge in [-0.2, -0.15) is 0 Å². The third kappa shape index (κ3) is 2.49. The Labute approximate surface area is 121 Å². The topological polar surface area (TPSA) is 30.2 Å². The van der Waals surface area contributed by atoms with E-state index in [1.165, 1.54) is 0 Å². The zero-order chi connectivity index (χ0) is 13.9. The summed E-state index contributed by atoms with van der Waals surface area (Å²) < 4.78 is 5.47. The van der Waals surface area contributed by atoms with Crippen LogP contribution < -0.4 is 5.63 Å². The van der Waals surface area contributed by atoms with Crippen LogP contribution in [0.25, 0.3) is 22.1 Å². The number of hydrogen-bond acceptors (Lipinski definition) is 3. The third-order valence-electron chi connectivity index (χ3n) is 3.10. The Morgan fingerprint density at radius 1 is 1.05 bits per heavy atom. The highest BCUT2D eigenvalue weighted by atomic mass is 32.2. The van der Waals surface area contributed by atoms with Crippen LogP contribution in [0.1, 0.15) is 6.92 Å². The minimum atomic E-state index is -0.289. The standard InChI is InChI=1S/C17H14O2S/c1-2-20-14-9-8-13-10-15(12-6-4-3-5-7-12)17(18)19-16(13)11-14/h3-11H,2H2,1H3. The van der Waals surface area contributed by atoms with Gasteiger partial charge in [0.25, 0.3) is 0 Å². The van der Waals surface area contributed by atoms with Crippen LogP contribution >= 0.6 is 11.8 Å². The Kier molecular flexibility index (Phi) is 3.61. The molecule has 0 radical (unpaired) electrons. The minimum absolute atomic E-state index is 0.289. The van der Waals surface area contributed by atoms with Gasteiger partial charge in [0, 0.05) is 10.3 Å². The fourth-order valence-electron chi connectivity index (χ4n) is 2.17. The first-order valence-corrected chi connectivity index (χ1v) is 7.52. The van der Waals surface area contributed by atoms with Gasteiger partial charge in [-0.1, -0.05) is 43.3 Å². The fourth-order valence-corrected chi connectivity index (χ4v) is 2.85. The zero-order valence-electron chi connectivity index (χ0n) is 11.1. The van der Waals surface area contributed by atoms with Gasteiger partial charge < -0.3 is 4.42 Å². The lowest BCUT2D eigenvalue weighted by atomic mass is 10.1. The highest BCUT2D eigenvalue weighted by Gasteiger charge is 2.07. The molecule has 3 aromatic rings. The summed E-state index contributed by atoms with van der Waals surface area (Å²) in [5.74, 6) is 0.998. The number of benzene rings is 2. The maximum absolute atomic E-state index is 12.1. The summed E-state index contributed by atoms with van der Waals surface area (Å²) in [6.07, 6.45) is 0. The molecule has 0 N–H and O–H groups in total. The second-order valence-electron chi connectivity index (χ2n) is 4.45. The van der Waals surface area contributed by atoms with Crippen molar-refractivity contribution >= 4 is 22.7 Å². The maximum Gasteiger partial charge on any atom is 0.344 e. The van der Waals surface area contributed by atoms with Crippen LogP contribution in [0.15, 0.2) is 68.7 Å². The first-order chi connectivity index (χ1) is 9.78. The molecule has 0 atom stereocenters. The molecule has 0 amide bonds. The Morgan fingerprint density at radius 3 is 2.60 bits per heavy atom. The van der Waals surface area contributed by atoms with E-state index < -0.39 is 0 Å². The third-order valence-corrected chi connectivity index (χ3v) is 3.98. The monoisotopic (exact) mass is 282 g/mol. The zero-order valence-corrected chi connectivity index (χ0v) is 11.9. The van der Waals surface area contributed by atoms with E-state index in [9.17, 15) is 4.79 Å². The molecule has 0 aliphatic carbocycles. The maximum atomic E-state index is 12.1. The van der Waals surface area contributed by atoms with Gasteiger partial charge in [-0.15, -0.1) is 11.8 Å². The summed E-state index contributed by atoms with van der Waals surface area (Å²) in [6, 6.07) is 17.5. The van der Waals surface area contributed by atoms with Crippen molar-refractivity contribution in [3.05, 3.63) is 65.0 Å². The Bertz CT molecular complexity index is 791. The molecule has 3 heteroatoms. The van der Waals surface area contributed by atoms with E-state index in [0.29, 0.717) is 11.1 Å². The van der Waals surface area contributed by atoms with Crippen molar-refractivity contribution in [2.45, 2.75) is 11.8 Å². The second kappa shape index (κ2) is 5.55. The minimum Gasteiger partial charge on any atom is -0.422 e. The lowest BCUT2D eigenvalue weighted by Crippen LogP contribution is -2.02. The van der Waals surface area contributed by atoms with E-state index in [2.05, 4.69) is 13.0 Å².